The molecule has 0 bridgehead atoms. The molecule has 10 heteroatoms. The van der Waals surface area contributed by atoms with Crippen molar-refractivity contribution >= 4 is 29.4 Å². The SMILES string of the molecule is CC(C)(C)OC(=O)N1CC(C(=O)NC(=N)c2ccc(Cl)cc2C(F)(F)F)C1. The monoisotopic (exact) mass is 405 g/mol. The van der Waals surface area contributed by atoms with Gasteiger partial charge in [-0.25, -0.2) is 4.79 Å². The van der Waals surface area contributed by atoms with Crippen molar-refractivity contribution in [2.75, 3.05) is 13.1 Å². The normalized spacial score (nSPS) is 15.1. The Kier molecular flexibility index (Phi) is 5.74. The molecule has 1 heterocycles. The average molecular weight is 406 g/mol. The summed E-state index contributed by atoms with van der Waals surface area (Å²) in [6.45, 7) is 5.27. The Morgan fingerprint density at radius 3 is 2.37 bits per heavy atom. The number of carbonyl (C=O) groups is 2. The van der Waals surface area contributed by atoms with Gasteiger partial charge in [-0.1, -0.05) is 11.6 Å². The van der Waals surface area contributed by atoms with Gasteiger partial charge in [0, 0.05) is 23.7 Å². The number of nitrogens with one attached hydrogen (secondary N) is 2. The number of carbonyl (C=O) groups excluding carboxylic acids is 2. The second-order valence-electron chi connectivity index (χ2n) is 7.13. The first-order chi connectivity index (χ1) is 12.3. The topological polar surface area (TPSA) is 82.5 Å². The standard InChI is InChI=1S/C17H19ClF3N3O3/c1-16(2,3)27-15(26)24-7-9(8-24)14(25)23-13(22)11-5-4-10(18)6-12(11)17(19,20)21/h4-6,9H,7-8H2,1-3H3,(H2,22,23,25). The summed E-state index contributed by atoms with van der Waals surface area (Å²) in [6, 6.07) is 2.94. The van der Waals surface area contributed by atoms with Crippen LogP contribution >= 0.6 is 11.6 Å². The Labute approximate surface area is 159 Å². The van der Waals surface area contributed by atoms with Crippen molar-refractivity contribution in [3.8, 4) is 0 Å². The van der Waals surface area contributed by atoms with Crippen molar-refractivity contribution in [3.05, 3.63) is 34.3 Å². The molecule has 27 heavy (non-hydrogen) atoms. The smallest absolute Gasteiger partial charge is 0.417 e. The highest BCUT2D eigenvalue weighted by Crippen LogP contribution is 2.33. The van der Waals surface area contributed by atoms with Gasteiger partial charge in [0.1, 0.15) is 11.4 Å². The summed E-state index contributed by atoms with van der Waals surface area (Å²) >= 11 is 5.60. The first-order valence-electron chi connectivity index (χ1n) is 8.02. The van der Waals surface area contributed by atoms with Crippen molar-refractivity contribution < 1.29 is 27.5 Å². The van der Waals surface area contributed by atoms with E-state index >= 15 is 0 Å². The Balaban J connectivity index is 1.98. The molecule has 0 aromatic heterocycles. The molecule has 148 valence electrons. The number of ether oxygens (including phenoxy) is 1. The van der Waals surface area contributed by atoms with E-state index in [1.54, 1.807) is 20.8 Å². The zero-order valence-electron chi connectivity index (χ0n) is 14.9. The fourth-order valence-corrected chi connectivity index (χ4v) is 2.55. The van der Waals surface area contributed by atoms with Gasteiger partial charge in [-0.2, -0.15) is 13.2 Å². The first kappa shape index (κ1) is 21.0. The largest absolute Gasteiger partial charge is 0.444 e. The Bertz CT molecular complexity index is 769. The molecule has 0 saturated carbocycles. The molecule has 1 aliphatic rings. The van der Waals surface area contributed by atoms with Gasteiger partial charge >= 0.3 is 12.3 Å². The van der Waals surface area contributed by atoms with E-state index in [2.05, 4.69) is 5.32 Å². The lowest BCUT2D eigenvalue weighted by atomic mass is 9.99. The number of amidine groups is 1. The Morgan fingerprint density at radius 2 is 1.85 bits per heavy atom. The molecule has 1 saturated heterocycles. The van der Waals surface area contributed by atoms with Crippen molar-refractivity contribution in [2.24, 2.45) is 5.92 Å². The molecule has 1 aliphatic heterocycles. The second kappa shape index (κ2) is 7.38. The summed E-state index contributed by atoms with van der Waals surface area (Å²) in [5.41, 5.74) is -2.26. The number of halogens is 4. The molecule has 2 N–H and O–H groups in total. The van der Waals surface area contributed by atoms with Gasteiger partial charge in [0.25, 0.3) is 0 Å². The molecule has 1 fully saturated rings. The minimum atomic E-state index is -4.72. The van der Waals surface area contributed by atoms with E-state index in [0.29, 0.717) is 6.07 Å². The lowest BCUT2D eigenvalue weighted by Gasteiger charge is -2.38. The summed E-state index contributed by atoms with van der Waals surface area (Å²) in [6.07, 6.45) is -5.29. The summed E-state index contributed by atoms with van der Waals surface area (Å²) in [7, 11) is 0. The minimum absolute atomic E-state index is 0.0702. The van der Waals surface area contributed by atoms with E-state index in [1.165, 1.54) is 11.0 Å². The van der Waals surface area contributed by atoms with Crippen molar-refractivity contribution in [1.29, 1.82) is 5.41 Å². The molecule has 1 aromatic rings. The molecular weight excluding hydrogens is 387 g/mol. The van der Waals surface area contributed by atoms with Gasteiger partial charge in [0.15, 0.2) is 0 Å². The third-order valence-electron chi connectivity index (χ3n) is 3.71. The number of hydrogen-bond donors (Lipinski definition) is 2. The van der Waals surface area contributed by atoms with E-state index < -0.39 is 46.7 Å². The van der Waals surface area contributed by atoms with E-state index in [1.807, 2.05) is 0 Å². The van der Waals surface area contributed by atoms with Crippen LogP contribution in [0.2, 0.25) is 5.02 Å². The number of rotatable bonds is 2. The van der Waals surface area contributed by atoms with Crippen LogP contribution in [0.4, 0.5) is 18.0 Å². The number of benzene rings is 1. The van der Waals surface area contributed by atoms with E-state index in [-0.39, 0.29) is 18.1 Å². The minimum Gasteiger partial charge on any atom is -0.444 e. The van der Waals surface area contributed by atoms with E-state index in [9.17, 15) is 22.8 Å². The van der Waals surface area contributed by atoms with Crippen LogP contribution in [0, 0.1) is 11.3 Å². The van der Waals surface area contributed by atoms with Crippen LogP contribution in [0.25, 0.3) is 0 Å². The van der Waals surface area contributed by atoms with Gasteiger partial charge < -0.3 is 15.0 Å². The molecule has 0 spiro atoms. The molecule has 0 aliphatic carbocycles. The summed E-state index contributed by atoms with van der Waals surface area (Å²) in [5, 5.41) is 9.85. The van der Waals surface area contributed by atoms with Crippen LogP contribution in [0.3, 0.4) is 0 Å². The maximum atomic E-state index is 13.1. The third kappa shape index (κ3) is 5.35. The molecule has 0 atom stereocenters. The average Bonchev–Trinajstić information content (AvgIpc) is 2.42. The fourth-order valence-electron chi connectivity index (χ4n) is 2.38. The van der Waals surface area contributed by atoms with Gasteiger partial charge in [-0.05, 0) is 39.0 Å². The van der Waals surface area contributed by atoms with Crippen molar-refractivity contribution in [3.63, 3.8) is 0 Å². The van der Waals surface area contributed by atoms with Crippen LogP contribution in [-0.4, -0.2) is 41.4 Å². The lowest BCUT2D eigenvalue weighted by molar-refractivity contribution is -0.138. The molecule has 0 unspecified atom stereocenters. The van der Waals surface area contributed by atoms with Gasteiger partial charge in [-0.3, -0.25) is 10.2 Å². The molecule has 1 aromatic carbocycles. The number of likely N-dealkylation sites (tertiary alicyclic amines) is 1. The van der Waals surface area contributed by atoms with Crippen molar-refractivity contribution in [2.45, 2.75) is 32.5 Å². The lowest BCUT2D eigenvalue weighted by Crippen LogP contribution is -2.57. The maximum Gasteiger partial charge on any atom is 0.417 e. The Hall–Kier alpha value is -2.29. The van der Waals surface area contributed by atoms with E-state index in [0.717, 1.165) is 6.07 Å². The summed E-state index contributed by atoms with van der Waals surface area (Å²) in [5.74, 6) is -1.94. The molecule has 0 radical (unpaired) electrons. The molecular formula is C17H19ClF3N3O3. The quantitative estimate of drug-likeness (QED) is 0.581. The highest BCUT2D eigenvalue weighted by atomic mass is 35.5. The molecule has 6 nitrogen and oxygen atoms in total. The van der Waals surface area contributed by atoms with Crippen LogP contribution in [0.1, 0.15) is 31.9 Å². The van der Waals surface area contributed by atoms with Gasteiger partial charge in [0.2, 0.25) is 5.91 Å². The second-order valence-corrected chi connectivity index (χ2v) is 7.57. The number of hydrogen-bond acceptors (Lipinski definition) is 4. The molecule has 2 amide bonds. The van der Waals surface area contributed by atoms with E-state index in [4.69, 9.17) is 21.7 Å². The highest BCUT2D eigenvalue weighted by Gasteiger charge is 2.39. The number of alkyl halides is 3. The predicted octanol–water partition coefficient (Wildman–Crippen LogP) is 3.67. The third-order valence-corrected chi connectivity index (χ3v) is 3.94. The summed E-state index contributed by atoms with van der Waals surface area (Å²) < 4.78 is 44.5. The van der Waals surface area contributed by atoms with Crippen molar-refractivity contribution in [1.82, 2.24) is 10.2 Å². The Morgan fingerprint density at radius 1 is 1.26 bits per heavy atom. The highest BCUT2D eigenvalue weighted by molar-refractivity contribution is 6.30. The maximum absolute atomic E-state index is 13.1. The van der Waals surface area contributed by atoms with Crippen LogP contribution in [0.5, 0.6) is 0 Å². The number of amides is 2. The van der Waals surface area contributed by atoms with Crippen LogP contribution in [0.15, 0.2) is 18.2 Å². The zero-order chi connectivity index (χ0) is 20.6. The van der Waals surface area contributed by atoms with Gasteiger partial charge in [0.05, 0.1) is 11.5 Å². The van der Waals surface area contributed by atoms with Crippen LogP contribution in [-0.2, 0) is 15.7 Å². The first-order valence-corrected chi connectivity index (χ1v) is 8.40. The predicted molar refractivity (Wildman–Crippen MR) is 92.7 cm³/mol. The van der Waals surface area contributed by atoms with Gasteiger partial charge in [-0.15, -0.1) is 0 Å². The molecule has 2 rings (SSSR count). The summed E-state index contributed by atoms with van der Waals surface area (Å²) in [4.78, 5) is 25.3. The number of nitrogens with zero attached hydrogens (tertiary/aromatic N) is 1. The zero-order valence-corrected chi connectivity index (χ0v) is 15.7. The van der Waals surface area contributed by atoms with Crippen LogP contribution < -0.4 is 5.32 Å². The fraction of sp³-hybridized carbons (Fsp3) is 0.471.